The molecule has 0 amide bonds. The molecule has 1 atom stereocenters. The predicted octanol–water partition coefficient (Wildman–Crippen LogP) is 1.35. The molecule has 1 aliphatic heterocycles. The Morgan fingerprint density at radius 1 is 1.54 bits per heavy atom. The van der Waals surface area contributed by atoms with Gasteiger partial charge >= 0.3 is 0 Å². The second-order valence-electron chi connectivity index (χ2n) is 3.57. The summed E-state index contributed by atoms with van der Waals surface area (Å²) >= 11 is 7.02. The van der Waals surface area contributed by atoms with Crippen LogP contribution in [0.4, 0.5) is 0 Å². The van der Waals surface area contributed by atoms with Crippen molar-refractivity contribution in [2.75, 3.05) is 31.1 Å². The zero-order chi connectivity index (χ0) is 9.68. The van der Waals surface area contributed by atoms with Crippen molar-refractivity contribution in [3.8, 4) is 0 Å². The van der Waals surface area contributed by atoms with E-state index in [2.05, 4.69) is 11.8 Å². The lowest BCUT2D eigenvalue weighted by Crippen LogP contribution is -2.35. The minimum Gasteiger partial charge on any atom is -0.393 e. The van der Waals surface area contributed by atoms with Crippen molar-refractivity contribution >= 4 is 29.0 Å². The summed E-state index contributed by atoms with van der Waals surface area (Å²) in [5.41, 5.74) is 5.59. The molecule has 76 valence electrons. The number of nitrogens with zero attached hydrogens (tertiary/aromatic N) is 1. The zero-order valence-corrected chi connectivity index (χ0v) is 9.79. The van der Waals surface area contributed by atoms with E-state index in [1.165, 1.54) is 31.0 Å². The van der Waals surface area contributed by atoms with Crippen molar-refractivity contribution in [2.45, 2.75) is 13.3 Å². The standard InChI is InChI=1S/C9H18N2S2/c1-8(9(10)12)7-11-3-2-5-13-6-4-11/h8H,2-7H2,1H3,(H2,10,12). The Labute approximate surface area is 90.2 Å². The smallest absolute Gasteiger partial charge is 0.0768 e. The first-order valence-electron chi connectivity index (χ1n) is 4.79. The number of thioether (sulfide) groups is 1. The first-order valence-corrected chi connectivity index (χ1v) is 6.36. The van der Waals surface area contributed by atoms with Gasteiger partial charge < -0.3 is 10.6 Å². The molecule has 0 radical (unpaired) electrons. The van der Waals surface area contributed by atoms with Crippen LogP contribution in [0.5, 0.6) is 0 Å². The first kappa shape index (κ1) is 11.3. The van der Waals surface area contributed by atoms with Crippen LogP contribution >= 0.6 is 24.0 Å². The van der Waals surface area contributed by atoms with E-state index in [4.69, 9.17) is 18.0 Å². The minimum absolute atomic E-state index is 0.359. The van der Waals surface area contributed by atoms with E-state index >= 15 is 0 Å². The number of hydrogen-bond acceptors (Lipinski definition) is 3. The molecule has 2 N–H and O–H groups in total. The van der Waals surface area contributed by atoms with E-state index in [1.54, 1.807) is 0 Å². The Balaban J connectivity index is 2.29. The molecule has 0 aromatic rings. The van der Waals surface area contributed by atoms with E-state index in [0.717, 1.165) is 6.54 Å². The van der Waals surface area contributed by atoms with Crippen molar-refractivity contribution in [1.82, 2.24) is 4.90 Å². The summed E-state index contributed by atoms with van der Waals surface area (Å²) in [6.45, 7) is 5.55. The number of thiocarbonyl (C=S) groups is 1. The van der Waals surface area contributed by atoms with Crippen molar-refractivity contribution in [2.24, 2.45) is 11.7 Å². The van der Waals surface area contributed by atoms with E-state index in [-0.39, 0.29) is 0 Å². The minimum atomic E-state index is 0.359. The zero-order valence-electron chi connectivity index (χ0n) is 8.16. The number of hydrogen-bond donors (Lipinski definition) is 1. The summed E-state index contributed by atoms with van der Waals surface area (Å²) in [5, 5.41) is 0. The van der Waals surface area contributed by atoms with E-state index in [1.807, 2.05) is 11.8 Å². The summed E-state index contributed by atoms with van der Waals surface area (Å²) in [6.07, 6.45) is 1.30. The largest absolute Gasteiger partial charge is 0.393 e. The van der Waals surface area contributed by atoms with Crippen LogP contribution in [0.15, 0.2) is 0 Å². The topological polar surface area (TPSA) is 29.3 Å². The molecule has 0 bridgehead atoms. The molecular formula is C9H18N2S2. The van der Waals surface area contributed by atoms with Gasteiger partial charge in [0.15, 0.2) is 0 Å². The monoisotopic (exact) mass is 218 g/mol. The van der Waals surface area contributed by atoms with E-state index in [9.17, 15) is 0 Å². The van der Waals surface area contributed by atoms with Gasteiger partial charge in [0.25, 0.3) is 0 Å². The highest BCUT2D eigenvalue weighted by Crippen LogP contribution is 2.11. The molecular weight excluding hydrogens is 200 g/mol. The molecule has 0 aromatic carbocycles. The predicted molar refractivity (Wildman–Crippen MR) is 64.3 cm³/mol. The van der Waals surface area contributed by atoms with Crippen LogP contribution in [0.25, 0.3) is 0 Å². The third-order valence-electron chi connectivity index (χ3n) is 2.33. The molecule has 1 unspecified atom stereocenters. The molecule has 1 heterocycles. The maximum atomic E-state index is 5.59. The van der Waals surface area contributed by atoms with Gasteiger partial charge in [0.1, 0.15) is 0 Å². The molecule has 0 spiro atoms. The van der Waals surface area contributed by atoms with Gasteiger partial charge in [0.05, 0.1) is 4.99 Å². The molecule has 1 aliphatic rings. The average Bonchev–Trinajstić information content (AvgIpc) is 2.32. The summed E-state index contributed by atoms with van der Waals surface area (Å²) in [6, 6.07) is 0. The highest BCUT2D eigenvalue weighted by atomic mass is 32.2. The third kappa shape index (κ3) is 4.29. The lowest BCUT2D eigenvalue weighted by atomic mass is 10.1. The van der Waals surface area contributed by atoms with Gasteiger partial charge in [-0.1, -0.05) is 19.1 Å². The lowest BCUT2D eigenvalue weighted by molar-refractivity contribution is 0.279. The van der Waals surface area contributed by atoms with Crippen LogP contribution in [0, 0.1) is 5.92 Å². The number of nitrogens with two attached hydrogens (primary N) is 1. The molecule has 1 rings (SSSR count). The molecule has 1 fully saturated rings. The second-order valence-corrected chi connectivity index (χ2v) is 5.27. The molecule has 0 aliphatic carbocycles. The summed E-state index contributed by atoms with van der Waals surface area (Å²) in [5.74, 6) is 2.92. The highest BCUT2D eigenvalue weighted by molar-refractivity contribution is 7.99. The lowest BCUT2D eigenvalue weighted by Gasteiger charge is -2.22. The Kier molecular flexibility index (Phi) is 5.06. The Bertz CT molecular complexity index is 165. The fourth-order valence-electron chi connectivity index (χ4n) is 1.46. The van der Waals surface area contributed by atoms with Crippen molar-refractivity contribution in [1.29, 1.82) is 0 Å². The SMILES string of the molecule is CC(CN1CCCSCC1)C(N)=S. The number of rotatable bonds is 3. The summed E-state index contributed by atoms with van der Waals surface area (Å²) in [4.78, 5) is 3.13. The fraction of sp³-hybridized carbons (Fsp3) is 0.889. The third-order valence-corrected chi connectivity index (χ3v) is 3.78. The molecule has 1 saturated heterocycles. The average molecular weight is 218 g/mol. The van der Waals surface area contributed by atoms with Crippen LogP contribution in [0.3, 0.4) is 0 Å². The van der Waals surface area contributed by atoms with Gasteiger partial charge in [-0.15, -0.1) is 0 Å². The Hall–Kier alpha value is 0.200. The summed E-state index contributed by atoms with van der Waals surface area (Å²) < 4.78 is 0. The van der Waals surface area contributed by atoms with Crippen molar-refractivity contribution in [3.05, 3.63) is 0 Å². The highest BCUT2D eigenvalue weighted by Gasteiger charge is 2.13. The second kappa shape index (κ2) is 5.83. The molecule has 0 aromatic heterocycles. The first-order chi connectivity index (χ1) is 6.20. The fourth-order valence-corrected chi connectivity index (χ4v) is 2.46. The quantitative estimate of drug-likeness (QED) is 0.724. The van der Waals surface area contributed by atoms with Gasteiger partial charge in [-0.25, -0.2) is 0 Å². The van der Waals surface area contributed by atoms with Gasteiger partial charge in [-0.05, 0) is 18.7 Å². The maximum Gasteiger partial charge on any atom is 0.0768 e. The molecule has 2 nitrogen and oxygen atoms in total. The van der Waals surface area contributed by atoms with Gasteiger partial charge in [-0.3, -0.25) is 0 Å². The Morgan fingerprint density at radius 3 is 3.00 bits per heavy atom. The van der Waals surface area contributed by atoms with Crippen molar-refractivity contribution < 1.29 is 0 Å². The van der Waals surface area contributed by atoms with E-state index in [0.29, 0.717) is 10.9 Å². The van der Waals surface area contributed by atoms with Crippen LogP contribution in [-0.4, -0.2) is 41.0 Å². The van der Waals surface area contributed by atoms with Crippen LogP contribution in [0.1, 0.15) is 13.3 Å². The van der Waals surface area contributed by atoms with Gasteiger partial charge in [-0.2, -0.15) is 11.8 Å². The molecule has 0 saturated carbocycles. The Morgan fingerprint density at radius 2 is 2.31 bits per heavy atom. The van der Waals surface area contributed by atoms with Crippen LogP contribution < -0.4 is 5.73 Å². The normalized spacial score (nSPS) is 22.2. The van der Waals surface area contributed by atoms with Crippen LogP contribution in [-0.2, 0) is 0 Å². The van der Waals surface area contributed by atoms with E-state index < -0.39 is 0 Å². The van der Waals surface area contributed by atoms with Gasteiger partial charge in [0.2, 0.25) is 0 Å². The summed E-state index contributed by atoms with van der Waals surface area (Å²) in [7, 11) is 0. The molecule has 13 heavy (non-hydrogen) atoms. The molecule has 4 heteroatoms. The van der Waals surface area contributed by atoms with Crippen LogP contribution in [0.2, 0.25) is 0 Å². The maximum absolute atomic E-state index is 5.59. The van der Waals surface area contributed by atoms with Gasteiger partial charge in [0, 0.05) is 24.8 Å². The van der Waals surface area contributed by atoms with Crippen molar-refractivity contribution in [3.63, 3.8) is 0 Å².